The van der Waals surface area contributed by atoms with E-state index in [-0.39, 0.29) is 6.61 Å². The Morgan fingerprint density at radius 2 is 0.960 bits per heavy atom. The zero-order chi connectivity index (χ0) is 32.6. The van der Waals surface area contributed by atoms with Crippen LogP contribution in [0.15, 0.2) is 0 Å². The van der Waals surface area contributed by atoms with Gasteiger partial charge in [-0.1, -0.05) is 64.7 Å². The molecule has 5 heteroatoms. The van der Waals surface area contributed by atoms with Gasteiger partial charge in [-0.3, -0.25) is 0 Å². The number of hydrogen-bond donors (Lipinski definition) is 1. The highest BCUT2D eigenvalue weighted by Crippen LogP contribution is 2.10. The molecule has 0 saturated carbocycles. The summed E-state index contributed by atoms with van der Waals surface area (Å²) in [6.07, 6.45) is 9.81. The molecule has 0 fully saturated rings. The van der Waals surface area contributed by atoms with E-state index in [0.717, 1.165) is 25.7 Å². The third-order valence-electron chi connectivity index (χ3n) is 3.15. The summed E-state index contributed by atoms with van der Waals surface area (Å²) in [7, 11) is 0. The van der Waals surface area contributed by atoms with Crippen LogP contribution in [0.5, 0.6) is 0 Å². The lowest BCUT2D eigenvalue weighted by atomic mass is 10.1. The zero-order valence-corrected chi connectivity index (χ0v) is 14.9. The van der Waals surface area contributed by atoms with Crippen molar-refractivity contribution in [3.63, 3.8) is 0 Å². The van der Waals surface area contributed by atoms with Crippen LogP contribution < -0.4 is 0 Å². The van der Waals surface area contributed by atoms with Crippen molar-refractivity contribution >= 4 is 0 Å². The topological polar surface area (TPSA) is 57.2 Å². The highest BCUT2D eigenvalue weighted by atomic mass is 16.6. The zero-order valence-electron chi connectivity index (χ0n) is 30.9. The Morgan fingerprint density at radius 3 is 1.44 bits per heavy atom. The van der Waals surface area contributed by atoms with Gasteiger partial charge in [0.25, 0.3) is 0 Å². The first-order valence-electron chi connectivity index (χ1n) is 16.6. The molecule has 0 amide bonds. The number of unbranched alkanes of at least 4 members (excludes halogenated alkanes) is 9. The molecule has 1 N–H and O–H groups in total. The highest BCUT2D eigenvalue weighted by molar-refractivity contribution is 4.47. The molecule has 0 aromatic carbocycles. The standard InChI is InChI=1S/C20H42O5/c1-2-3-4-5-6-7-8-9-10-11-13-22-15-17-24-19-20-25-18-16-23-14-12-21/h21H,2-20H2,1H3/i12D2,14D2,15D2,16D2,17D2,18D2,19D2,20D2. The predicted molar refractivity (Wildman–Crippen MR) is 102 cm³/mol. The molecule has 0 saturated heterocycles. The molecular formula is C20H42O5. The van der Waals surface area contributed by atoms with Gasteiger partial charge in [-0.05, 0) is 6.42 Å². The molecule has 0 aliphatic rings. The van der Waals surface area contributed by atoms with Gasteiger partial charge in [0, 0.05) is 6.61 Å². The third kappa shape index (κ3) is 23.8. The molecule has 0 heterocycles. The van der Waals surface area contributed by atoms with E-state index >= 15 is 0 Å². The lowest BCUT2D eigenvalue weighted by Crippen LogP contribution is -2.12. The molecule has 0 aliphatic heterocycles. The van der Waals surface area contributed by atoms with Gasteiger partial charge in [-0.15, -0.1) is 0 Å². The molecule has 0 atom stereocenters. The van der Waals surface area contributed by atoms with Crippen LogP contribution in [0.2, 0.25) is 0 Å². The summed E-state index contributed by atoms with van der Waals surface area (Å²) in [5.41, 5.74) is 0. The second-order valence-corrected chi connectivity index (χ2v) is 5.16. The largest absolute Gasteiger partial charge is 0.394 e. The van der Waals surface area contributed by atoms with E-state index in [4.69, 9.17) is 31.8 Å². The smallest absolute Gasteiger partial charge is 0.0701 e. The van der Waals surface area contributed by atoms with Crippen LogP contribution in [0, 0.1) is 0 Å². The van der Waals surface area contributed by atoms with Crippen molar-refractivity contribution in [1.82, 2.24) is 0 Å². The minimum Gasteiger partial charge on any atom is -0.394 e. The lowest BCUT2D eigenvalue weighted by Gasteiger charge is -2.07. The van der Waals surface area contributed by atoms with E-state index in [1.807, 2.05) is 0 Å². The Bertz CT molecular complexity index is 773. The molecule has 0 aromatic heterocycles. The van der Waals surface area contributed by atoms with E-state index in [1.165, 1.54) is 25.7 Å². The molecule has 0 radical (unpaired) electrons. The average molecular weight is 379 g/mol. The van der Waals surface area contributed by atoms with Crippen molar-refractivity contribution < 1.29 is 46.0 Å². The molecule has 0 unspecified atom stereocenters. The minimum absolute atomic E-state index is 0.265. The van der Waals surface area contributed by atoms with Crippen LogP contribution in [0.25, 0.3) is 0 Å². The Kier molecular flexibility index (Phi) is 8.44. The Balaban J connectivity index is 5.15. The van der Waals surface area contributed by atoms with Crippen molar-refractivity contribution in [2.75, 3.05) is 59.1 Å². The summed E-state index contributed by atoms with van der Waals surface area (Å²) >= 11 is 0. The van der Waals surface area contributed by atoms with Gasteiger partial charge in [-0.2, -0.15) is 0 Å². The van der Waals surface area contributed by atoms with Gasteiger partial charge in [-0.25, -0.2) is 0 Å². The SMILES string of the molecule is [2H]C([2H])(O)C([2H])([2H])OC([2H])([2H])C([2H])([2H])OC([2H])([2H])C([2H])([2H])OC([2H])([2H])C([2H])([2H])OCCCCCCCCCCCC. The van der Waals surface area contributed by atoms with Crippen molar-refractivity contribution in [1.29, 1.82) is 0 Å². The predicted octanol–water partition coefficient (Wildman–Crippen LogP) is 3.97. The maximum Gasteiger partial charge on any atom is 0.0701 e. The summed E-state index contributed by atoms with van der Waals surface area (Å²) in [6, 6.07) is 0. The number of ether oxygens (including phenoxy) is 4. The quantitative estimate of drug-likeness (QED) is 0.289. The fourth-order valence-electron chi connectivity index (χ4n) is 1.95. The van der Waals surface area contributed by atoms with Crippen LogP contribution in [-0.4, -0.2) is 64.2 Å². The second kappa shape index (κ2) is 23.8. The van der Waals surface area contributed by atoms with E-state index in [9.17, 15) is 0 Å². The molecule has 5 nitrogen and oxygen atoms in total. The van der Waals surface area contributed by atoms with Gasteiger partial charge in [0.1, 0.15) is 0 Å². The van der Waals surface area contributed by atoms with Crippen molar-refractivity contribution in [3.8, 4) is 0 Å². The average Bonchev–Trinajstić information content (AvgIpc) is 2.74. The second-order valence-electron chi connectivity index (χ2n) is 5.16. The molecule has 0 bridgehead atoms. The van der Waals surface area contributed by atoms with E-state index < -0.39 is 52.5 Å². The van der Waals surface area contributed by atoms with Gasteiger partial charge in [0.05, 0.1) is 74.4 Å². The highest BCUT2D eigenvalue weighted by Gasteiger charge is 1.94. The van der Waals surface area contributed by atoms with Crippen LogP contribution in [-0.2, 0) is 18.9 Å². The van der Waals surface area contributed by atoms with Crippen molar-refractivity contribution in [2.24, 2.45) is 0 Å². The van der Waals surface area contributed by atoms with E-state index in [2.05, 4.69) is 21.1 Å². The van der Waals surface area contributed by atoms with E-state index in [0.29, 0.717) is 12.8 Å². The molecule has 25 heavy (non-hydrogen) atoms. The van der Waals surface area contributed by atoms with E-state index in [1.54, 1.807) is 0 Å². The fraction of sp³-hybridized carbons (Fsp3) is 1.00. The molecule has 0 spiro atoms. The van der Waals surface area contributed by atoms with Crippen LogP contribution in [0.3, 0.4) is 0 Å². The van der Waals surface area contributed by atoms with Gasteiger partial charge >= 0.3 is 0 Å². The molecule has 0 aliphatic carbocycles. The summed E-state index contributed by atoms with van der Waals surface area (Å²) in [5.74, 6) is 0. The summed E-state index contributed by atoms with van der Waals surface area (Å²) in [4.78, 5) is 0. The normalized spacial score (nSPS) is 25.4. The summed E-state index contributed by atoms with van der Waals surface area (Å²) < 4.78 is 139. The summed E-state index contributed by atoms with van der Waals surface area (Å²) in [5, 5.41) is 9.16. The van der Waals surface area contributed by atoms with Gasteiger partial charge in [0.15, 0.2) is 0 Å². The molecule has 0 aromatic rings. The first-order valence-corrected chi connectivity index (χ1v) is 8.65. The minimum atomic E-state index is -4.09. The van der Waals surface area contributed by atoms with Crippen molar-refractivity contribution in [2.45, 2.75) is 71.1 Å². The van der Waals surface area contributed by atoms with Crippen molar-refractivity contribution in [3.05, 3.63) is 0 Å². The first-order chi connectivity index (χ1) is 18.2. The Morgan fingerprint density at radius 1 is 0.560 bits per heavy atom. The van der Waals surface area contributed by atoms with Crippen LogP contribution in [0.1, 0.15) is 93.1 Å². The Labute approximate surface area is 177 Å². The number of aliphatic hydroxyl groups is 1. The van der Waals surface area contributed by atoms with Crippen LogP contribution in [0.4, 0.5) is 0 Å². The number of hydrogen-bond acceptors (Lipinski definition) is 5. The maximum atomic E-state index is 9.16. The van der Waals surface area contributed by atoms with Crippen LogP contribution >= 0.6 is 0 Å². The summed E-state index contributed by atoms with van der Waals surface area (Å²) in [6.45, 7) is -29.0. The van der Waals surface area contributed by atoms with Gasteiger partial charge < -0.3 is 24.1 Å². The Hall–Kier alpha value is -0.200. The lowest BCUT2D eigenvalue weighted by molar-refractivity contribution is -0.00577. The first kappa shape index (κ1) is 8.87. The maximum absolute atomic E-state index is 9.16. The van der Waals surface area contributed by atoms with Gasteiger partial charge in [0.2, 0.25) is 0 Å². The number of rotatable bonds is 22. The molecule has 0 rings (SSSR count). The third-order valence-corrected chi connectivity index (χ3v) is 3.15. The monoisotopic (exact) mass is 378 g/mol. The fourth-order valence-corrected chi connectivity index (χ4v) is 1.95. The molecular weight excluding hydrogens is 320 g/mol. The molecule has 152 valence electrons.